The van der Waals surface area contributed by atoms with E-state index in [1.807, 2.05) is 12.1 Å². The maximum Gasteiger partial charge on any atom is 0.423 e. The average molecular weight is 577 g/mol. The minimum Gasteiger partial charge on any atom is -0.491 e. The van der Waals surface area contributed by atoms with Gasteiger partial charge < -0.3 is 19.1 Å². The lowest BCUT2D eigenvalue weighted by molar-refractivity contribution is -0.138. The van der Waals surface area contributed by atoms with Crippen molar-refractivity contribution in [1.82, 2.24) is 14.8 Å². The Kier molecular flexibility index (Phi) is 8.64. The van der Waals surface area contributed by atoms with Gasteiger partial charge in [0.1, 0.15) is 24.7 Å². The Morgan fingerprint density at radius 1 is 1.18 bits per heavy atom. The molecule has 3 aromatic rings. The number of alkyl halides is 3. The number of hydrogen-bond acceptors (Lipinski definition) is 8. The summed E-state index contributed by atoms with van der Waals surface area (Å²) in [6, 6.07) is 10.3. The van der Waals surface area contributed by atoms with Crippen molar-refractivity contribution in [1.29, 1.82) is 0 Å². The number of pyridine rings is 1. The highest BCUT2D eigenvalue weighted by Gasteiger charge is 2.42. The second-order valence-electron chi connectivity index (χ2n) is 10.6. The minimum atomic E-state index is -4.93. The molecule has 0 spiro atoms. The molecule has 13 heteroatoms. The Morgan fingerprint density at radius 3 is 2.62 bits per heavy atom. The summed E-state index contributed by atoms with van der Waals surface area (Å²) >= 11 is 0. The van der Waals surface area contributed by atoms with E-state index in [2.05, 4.69) is 34.5 Å². The van der Waals surface area contributed by atoms with Crippen molar-refractivity contribution >= 4 is 19.7 Å². The van der Waals surface area contributed by atoms with E-state index in [1.54, 1.807) is 12.1 Å². The summed E-state index contributed by atoms with van der Waals surface area (Å²) in [6.45, 7) is 6.47. The molecule has 0 saturated heterocycles. The van der Waals surface area contributed by atoms with Gasteiger partial charge in [-0.15, -0.1) is 0 Å². The van der Waals surface area contributed by atoms with Gasteiger partial charge in [-0.3, -0.25) is 4.79 Å². The van der Waals surface area contributed by atoms with Crippen LogP contribution in [0, 0.1) is 0 Å². The molecule has 1 aliphatic heterocycles. The Morgan fingerprint density at radius 2 is 1.93 bits per heavy atom. The molecule has 4 rings (SSSR count). The maximum absolute atomic E-state index is 14.4. The topological polar surface area (TPSA) is 95.8 Å². The van der Waals surface area contributed by atoms with Gasteiger partial charge in [-0.2, -0.15) is 18.3 Å². The van der Waals surface area contributed by atoms with Crippen molar-refractivity contribution in [3.8, 4) is 5.75 Å². The van der Waals surface area contributed by atoms with Crippen molar-refractivity contribution in [2.45, 2.75) is 51.2 Å². The number of carbonyl (C=O) groups is 1. The predicted octanol–water partition coefficient (Wildman–Crippen LogP) is 4.90. The Hall–Kier alpha value is -3.71. The van der Waals surface area contributed by atoms with Crippen molar-refractivity contribution in [2.75, 3.05) is 25.2 Å². The van der Waals surface area contributed by atoms with E-state index in [-0.39, 0.29) is 31.3 Å². The van der Waals surface area contributed by atoms with E-state index in [9.17, 15) is 22.8 Å². The number of carbonyl (C=O) groups excluding carboxylic acids is 1. The van der Waals surface area contributed by atoms with E-state index in [4.69, 9.17) is 9.47 Å². The van der Waals surface area contributed by atoms with Crippen LogP contribution in [0.5, 0.6) is 5.75 Å². The average Bonchev–Trinajstić information content (AvgIpc) is 3.27. The first kappa shape index (κ1) is 29.3. The Bertz CT molecular complexity index is 1420. The lowest BCUT2D eigenvalue weighted by Gasteiger charge is -2.29. The molecule has 1 aromatic carbocycles. The number of fused-ring (bicyclic) bond motifs is 1. The number of anilines is 1. The van der Waals surface area contributed by atoms with Crippen LogP contribution in [-0.2, 0) is 28.9 Å². The van der Waals surface area contributed by atoms with Crippen LogP contribution < -0.4 is 15.2 Å². The summed E-state index contributed by atoms with van der Waals surface area (Å²) < 4.78 is 59.9. The highest BCUT2D eigenvalue weighted by atomic mass is 28.3. The molecule has 0 aliphatic carbocycles. The normalized spacial score (nSPS) is 15.2. The smallest absolute Gasteiger partial charge is 0.423 e. The molecule has 9 nitrogen and oxygen atoms in total. The van der Waals surface area contributed by atoms with E-state index < -0.39 is 37.4 Å². The first-order chi connectivity index (χ1) is 18.9. The zero-order valence-electron chi connectivity index (χ0n) is 22.7. The summed E-state index contributed by atoms with van der Waals surface area (Å²) in [7, 11) is -0.190. The van der Waals surface area contributed by atoms with Gasteiger partial charge in [-0.25, -0.2) is 14.5 Å². The van der Waals surface area contributed by atoms with Crippen LogP contribution in [-0.4, -0.2) is 49.1 Å². The van der Waals surface area contributed by atoms with E-state index in [1.165, 1.54) is 30.3 Å². The van der Waals surface area contributed by atoms with Crippen LogP contribution in [0.4, 0.5) is 18.9 Å². The number of esters is 1. The van der Waals surface area contributed by atoms with Gasteiger partial charge in [0.2, 0.25) is 0 Å². The monoisotopic (exact) mass is 576 g/mol. The molecule has 0 bridgehead atoms. The maximum atomic E-state index is 14.4. The Labute approximate surface area is 230 Å². The van der Waals surface area contributed by atoms with E-state index in [0.29, 0.717) is 17.0 Å². The number of ether oxygens (including phenoxy) is 3. The predicted molar refractivity (Wildman–Crippen MR) is 144 cm³/mol. The summed E-state index contributed by atoms with van der Waals surface area (Å²) in [6.07, 6.45) is -2.50. The highest BCUT2D eigenvalue weighted by Crippen LogP contribution is 2.42. The first-order valence-corrected chi connectivity index (χ1v) is 16.4. The van der Waals surface area contributed by atoms with Crippen molar-refractivity contribution in [3.63, 3.8) is 0 Å². The molecule has 3 heterocycles. The number of halogens is 3. The number of rotatable bonds is 10. The molecule has 2 aromatic heterocycles. The highest BCUT2D eigenvalue weighted by molar-refractivity contribution is 6.76. The zero-order chi connectivity index (χ0) is 29.1. The lowest BCUT2D eigenvalue weighted by Crippen LogP contribution is -2.36. The summed E-state index contributed by atoms with van der Waals surface area (Å²) in [5, 5.41) is 4.04. The van der Waals surface area contributed by atoms with E-state index in [0.717, 1.165) is 23.4 Å². The second kappa shape index (κ2) is 11.8. The molecule has 0 radical (unpaired) electrons. The number of hydrogen-bond donors (Lipinski definition) is 0. The largest absolute Gasteiger partial charge is 0.491 e. The third kappa shape index (κ3) is 6.70. The fourth-order valence-corrected chi connectivity index (χ4v) is 5.13. The van der Waals surface area contributed by atoms with Gasteiger partial charge in [0.05, 0.1) is 25.0 Å². The fourth-order valence-electron chi connectivity index (χ4n) is 4.38. The molecule has 0 amide bonds. The van der Waals surface area contributed by atoms with Gasteiger partial charge in [-0.05, 0) is 23.2 Å². The summed E-state index contributed by atoms with van der Waals surface area (Å²) in [4.78, 5) is 30.3. The standard InChI is InChI=1S/C27H31F3N4O5Si/c1-37-26(36)21-13-19(9-10-31-21)39-16-23-20-8-6-5-7-18(20)15-33(23)22-14-32-34(17-38-11-12-40(2,3)4)25(35)24(22)27(28,29)30/h5-10,13-14,23H,11-12,15-17H2,1-4H3. The molecular formula is C27H31F3N4O5Si. The summed E-state index contributed by atoms with van der Waals surface area (Å²) in [5.74, 6) is -0.357. The fraction of sp³-hybridized carbons (Fsp3) is 0.407. The van der Waals surface area contributed by atoms with Crippen LogP contribution in [0.2, 0.25) is 25.7 Å². The van der Waals surface area contributed by atoms with Gasteiger partial charge in [0.25, 0.3) is 5.56 Å². The quantitative estimate of drug-likeness (QED) is 0.191. The van der Waals surface area contributed by atoms with Gasteiger partial charge in [-0.1, -0.05) is 43.9 Å². The molecule has 0 fully saturated rings. The van der Waals surface area contributed by atoms with Crippen LogP contribution in [0.1, 0.15) is 33.2 Å². The number of nitrogens with zero attached hydrogens (tertiary/aromatic N) is 4. The number of aromatic nitrogens is 3. The molecule has 40 heavy (non-hydrogen) atoms. The van der Waals surface area contributed by atoms with Crippen molar-refractivity contribution in [3.05, 3.63) is 81.5 Å². The van der Waals surface area contributed by atoms with Crippen LogP contribution >= 0.6 is 0 Å². The zero-order valence-corrected chi connectivity index (χ0v) is 23.7. The van der Waals surface area contributed by atoms with Crippen molar-refractivity contribution in [2.24, 2.45) is 0 Å². The third-order valence-electron chi connectivity index (χ3n) is 6.49. The first-order valence-electron chi connectivity index (χ1n) is 12.7. The lowest BCUT2D eigenvalue weighted by atomic mass is 10.1. The Balaban J connectivity index is 1.64. The molecule has 1 atom stereocenters. The second-order valence-corrected chi connectivity index (χ2v) is 16.2. The molecule has 0 saturated carbocycles. The third-order valence-corrected chi connectivity index (χ3v) is 8.20. The molecule has 1 unspecified atom stereocenters. The van der Waals surface area contributed by atoms with Crippen LogP contribution in [0.25, 0.3) is 0 Å². The molecule has 0 N–H and O–H groups in total. The SMILES string of the molecule is COC(=O)c1cc(OCC2c3ccccc3CN2c2cnn(COCC[Si](C)(C)C)c(=O)c2C(F)(F)F)ccn1. The molecule has 1 aliphatic rings. The van der Waals surface area contributed by atoms with Crippen molar-refractivity contribution < 1.29 is 32.2 Å². The van der Waals surface area contributed by atoms with Gasteiger partial charge in [0.15, 0.2) is 5.69 Å². The minimum absolute atomic E-state index is 0.0305. The molecular weight excluding hydrogens is 545 g/mol. The van der Waals surface area contributed by atoms with Crippen LogP contribution in [0.15, 0.2) is 53.6 Å². The summed E-state index contributed by atoms with van der Waals surface area (Å²) in [5.41, 5.74) is -1.34. The number of benzene rings is 1. The van der Waals surface area contributed by atoms with Gasteiger partial charge in [0, 0.05) is 33.5 Å². The van der Waals surface area contributed by atoms with Gasteiger partial charge >= 0.3 is 12.1 Å². The van der Waals surface area contributed by atoms with E-state index >= 15 is 0 Å². The molecule has 214 valence electrons. The van der Waals surface area contributed by atoms with Crippen LogP contribution in [0.3, 0.4) is 0 Å². The number of methoxy groups -OCH3 is 1.